The molecule has 1 heterocycles. The van der Waals surface area contributed by atoms with Crippen LogP contribution in [0.2, 0.25) is 0 Å². The highest BCUT2D eigenvalue weighted by molar-refractivity contribution is 5.69. The minimum absolute atomic E-state index is 0.821. The highest BCUT2D eigenvalue weighted by atomic mass is 16.5. The summed E-state index contributed by atoms with van der Waals surface area (Å²) in [6.45, 7) is 2.24. The molecule has 0 saturated carbocycles. The summed E-state index contributed by atoms with van der Waals surface area (Å²) in [7, 11) is 1.67. The van der Waals surface area contributed by atoms with Gasteiger partial charge in [0.2, 0.25) is 0 Å². The van der Waals surface area contributed by atoms with Crippen LogP contribution in [0.1, 0.15) is 25.7 Å². The molecule has 0 spiro atoms. The molecular weight excluding hydrogens is 200 g/mol. The van der Waals surface area contributed by atoms with Gasteiger partial charge in [-0.3, -0.25) is 0 Å². The summed E-state index contributed by atoms with van der Waals surface area (Å²) >= 11 is 0. The Bertz CT molecular complexity index is 344. The number of nitrogens with zero attached hydrogens (tertiary/aromatic N) is 1. The van der Waals surface area contributed by atoms with Gasteiger partial charge in [0.15, 0.2) is 0 Å². The largest absolute Gasteiger partial charge is 0.497 e. The van der Waals surface area contributed by atoms with Crippen LogP contribution < -0.4 is 15.4 Å². The normalized spacial score (nSPS) is 16.9. The van der Waals surface area contributed by atoms with Crippen molar-refractivity contribution in [1.29, 1.82) is 0 Å². The number of nitrogens with two attached hydrogens (primary N) is 1. The number of ether oxygens (including phenoxy) is 1. The quantitative estimate of drug-likeness (QED) is 0.779. The molecule has 1 aromatic carbocycles. The molecule has 0 bridgehead atoms. The molecule has 0 unspecified atom stereocenters. The standard InChI is InChI=1S/C13H20N2O/c1-16-11-6-7-13(12(14)10-11)15-8-4-2-3-5-9-15/h6-7,10H,2-5,8-9,14H2,1H3. The van der Waals surface area contributed by atoms with Crippen LogP contribution in [0.25, 0.3) is 0 Å². The Hall–Kier alpha value is -1.38. The Labute approximate surface area is 97.2 Å². The average molecular weight is 220 g/mol. The Morgan fingerprint density at radius 1 is 1.12 bits per heavy atom. The monoisotopic (exact) mass is 220 g/mol. The van der Waals surface area contributed by atoms with E-state index in [0.717, 1.165) is 30.2 Å². The third-order valence-electron chi connectivity index (χ3n) is 3.18. The van der Waals surface area contributed by atoms with Crippen molar-refractivity contribution >= 4 is 11.4 Å². The van der Waals surface area contributed by atoms with Gasteiger partial charge in [0.25, 0.3) is 0 Å². The third-order valence-corrected chi connectivity index (χ3v) is 3.18. The van der Waals surface area contributed by atoms with Crippen LogP contribution in [0.3, 0.4) is 0 Å². The van der Waals surface area contributed by atoms with Crippen molar-refractivity contribution < 1.29 is 4.74 Å². The lowest BCUT2D eigenvalue weighted by molar-refractivity contribution is 0.415. The second-order valence-corrected chi connectivity index (χ2v) is 4.33. The summed E-state index contributed by atoms with van der Waals surface area (Å²) in [5, 5.41) is 0. The molecule has 1 saturated heterocycles. The molecule has 3 heteroatoms. The van der Waals surface area contributed by atoms with E-state index in [1.165, 1.54) is 25.7 Å². The van der Waals surface area contributed by atoms with E-state index in [-0.39, 0.29) is 0 Å². The smallest absolute Gasteiger partial charge is 0.121 e. The highest BCUT2D eigenvalue weighted by Gasteiger charge is 2.12. The van der Waals surface area contributed by atoms with E-state index in [9.17, 15) is 0 Å². The minimum atomic E-state index is 0.821. The first-order valence-electron chi connectivity index (χ1n) is 6.00. The van der Waals surface area contributed by atoms with Crippen LogP contribution in [0.5, 0.6) is 5.75 Å². The number of anilines is 2. The maximum Gasteiger partial charge on any atom is 0.121 e. The number of rotatable bonds is 2. The van der Waals surface area contributed by atoms with Crippen molar-refractivity contribution in [3.05, 3.63) is 18.2 Å². The maximum absolute atomic E-state index is 6.06. The van der Waals surface area contributed by atoms with Gasteiger partial charge < -0.3 is 15.4 Å². The first kappa shape index (κ1) is 11.1. The number of hydrogen-bond acceptors (Lipinski definition) is 3. The minimum Gasteiger partial charge on any atom is -0.497 e. The Kier molecular flexibility index (Phi) is 3.54. The van der Waals surface area contributed by atoms with Crippen LogP contribution in [-0.2, 0) is 0 Å². The van der Waals surface area contributed by atoms with Crippen LogP contribution in [0.15, 0.2) is 18.2 Å². The van der Waals surface area contributed by atoms with Gasteiger partial charge in [-0.25, -0.2) is 0 Å². The predicted octanol–water partition coefficient (Wildman–Crippen LogP) is 2.66. The molecule has 2 rings (SSSR count). The van der Waals surface area contributed by atoms with E-state index < -0.39 is 0 Å². The van der Waals surface area contributed by atoms with Gasteiger partial charge in [0.05, 0.1) is 18.5 Å². The SMILES string of the molecule is COc1ccc(N2CCCCCC2)c(N)c1. The summed E-state index contributed by atoms with van der Waals surface area (Å²) < 4.78 is 5.16. The Morgan fingerprint density at radius 2 is 1.81 bits per heavy atom. The molecule has 0 aliphatic carbocycles. The van der Waals surface area contributed by atoms with Crippen LogP contribution in [-0.4, -0.2) is 20.2 Å². The zero-order valence-corrected chi connectivity index (χ0v) is 9.91. The number of methoxy groups -OCH3 is 1. The van der Waals surface area contributed by atoms with E-state index in [4.69, 9.17) is 10.5 Å². The van der Waals surface area contributed by atoms with Crippen molar-refractivity contribution in [2.75, 3.05) is 30.8 Å². The summed E-state index contributed by atoms with van der Waals surface area (Å²) in [5.74, 6) is 0.830. The lowest BCUT2D eigenvalue weighted by Gasteiger charge is -2.24. The van der Waals surface area contributed by atoms with Crippen LogP contribution in [0, 0.1) is 0 Å². The molecular formula is C13H20N2O. The fraction of sp³-hybridized carbons (Fsp3) is 0.538. The molecule has 16 heavy (non-hydrogen) atoms. The van der Waals surface area contributed by atoms with Crippen molar-refractivity contribution in [3.8, 4) is 5.75 Å². The first-order chi connectivity index (χ1) is 7.81. The lowest BCUT2D eigenvalue weighted by Crippen LogP contribution is -2.24. The fourth-order valence-corrected chi connectivity index (χ4v) is 2.26. The number of nitrogen functional groups attached to an aromatic ring is 1. The van der Waals surface area contributed by atoms with Gasteiger partial charge in [-0.2, -0.15) is 0 Å². The number of hydrogen-bond donors (Lipinski definition) is 1. The van der Waals surface area contributed by atoms with E-state index in [1.54, 1.807) is 7.11 Å². The van der Waals surface area contributed by atoms with Crippen molar-refractivity contribution in [2.45, 2.75) is 25.7 Å². The van der Waals surface area contributed by atoms with E-state index >= 15 is 0 Å². The van der Waals surface area contributed by atoms with Gasteiger partial charge in [0.1, 0.15) is 5.75 Å². The average Bonchev–Trinajstić information content (AvgIpc) is 2.57. The van der Waals surface area contributed by atoms with E-state index in [1.807, 2.05) is 12.1 Å². The lowest BCUT2D eigenvalue weighted by atomic mass is 10.2. The molecule has 3 nitrogen and oxygen atoms in total. The van der Waals surface area contributed by atoms with Crippen molar-refractivity contribution in [1.82, 2.24) is 0 Å². The molecule has 1 aliphatic rings. The molecule has 0 aromatic heterocycles. The molecule has 1 aliphatic heterocycles. The van der Waals surface area contributed by atoms with Crippen LogP contribution in [0.4, 0.5) is 11.4 Å². The molecule has 0 radical (unpaired) electrons. The van der Waals surface area contributed by atoms with E-state index in [2.05, 4.69) is 11.0 Å². The summed E-state index contributed by atoms with van der Waals surface area (Å²) in [5.41, 5.74) is 8.03. The van der Waals surface area contributed by atoms with Gasteiger partial charge in [0, 0.05) is 19.2 Å². The Morgan fingerprint density at radius 3 is 2.38 bits per heavy atom. The van der Waals surface area contributed by atoms with Gasteiger partial charge >= 0.3 is 0 Å². The molecule has 0 amide bonds. The second kappa shape index (κ2) is 5.10. The first-order valence-corrected chi connectivity index (χ1v) is 6.00. The number of benzene rings is 1. The highest BCUT2D eigenvalue weighted by Crippen LogP contribution is 2.29. The van der Waals surface area contributed by atoms with Gasteiger partial charge in [-0.15, -0.1) is 0 Å². The Balaban J connectivity index is 2.18. The summed E-state index contributed by atoms with van der Waals surface area (Å²) in [4.78, 5) is 2.39. The zero-order chi connectivity index (χ0) is 11.4. The van der Waals surface area contributed by atoms with Gasteiger partial charge in [-0.1, -0.05) is 12.8 Å². The summed E-state index contributed by atoms with van der Waals surface area (Å²) in [6, 6.07) is 5.95. The molecule has 1 aromatic rings. The van der Waals surface area contributed by atoms with Gasteiger partial charge in [-0.05, 0) is 25.0 Å². The third kappa shape index (κ3) is 2.40. The zero-order valence-electron chi connectivity index (χ0n) is 9.91. The maximum atomic E-state index is 6.06. The van der Waals surface area contributed by atoms with Crippen molar-refractivity contribution in [3.63, 3.8) is 0 Å². The topological polar surface area (TPSA) is 38.5 Å². The fourth-order valence-electron chi connectivity index (χ4n) is 2.26. The van der Waals surface area contributed by atoms with Crippen LogP contribution >= 0.6 is 0 Å². The van der Waals surface area contributed by atoms with E-state index in [0.29, 0.717) is 0 Å². The molecule has 1 fully saturated rings. The summed E-state index contributed by atoms with van der Waals surface area (Å²) in [6.07, 6.45) is 5.22. The predicted molar refractivity (Wildman–Crippen MR) is 68.1 cm³/mol. The molecule has 2 N–H and O–H groups in total. The van der Waals surface area contributed by atoms with Crippen molar-refractivity contribution in [2.24, 2.45) is 0 Å². The second-order valence-electron chi connectivity index (χ2n) is 4.33. The molecule has 88 valence electrons. The molecule has 0 atom stereocenters.